The second kappa shape index (κ2) is 7.02. The normalized spacial score (nSPS) is 18.0. The van der Waals surface area contributed by atoms with Crippen molar-refractivity contribution >= 4 is 16.9 Å². The average molecular weight is 357 g/mol. The summed E-state index contributed by atoms with van der Waals surface area (Å²) in [6.45, 7) is 6.49. The van der Waals surface area contributed by atoms with Crippen molar-refractivity contribution in [1.29, 1.82) is 0 Å². The zero-order chi connectivity index (χ0) is 18.1. The van der Waals surface area contributed by atoms with Crippen LogP contribution >= 0.6 is 0 Å². The van der Waals surface area contributed by atoms with E-state index in [0.29, 0.717) is 28.9 Å². The quantitative estimate of drug-likeness (QED) is 0.720. The molecule has 1 atom stereocenters. The summed E-state index contributed by atoms with van der Waals surface area (Å²) in [7, 11) is 0. The summed E-state index contributed by atoms with van der Waals surface area (Å²) in [6.07, 6.45) is 5.32. The van der Waals surface area contributed by atoms with Gasteiger partial charge in [-0.05, 0) is 55.4 Å². The molecule has 140 valence electrons. The number of fused-ring (bicyclic) bond motifs is 1. The Morgan fingerprint density at radius 3 is 3.08 bits per heavy atom. The Balaban J connectivity index is 0.00000140. The van der Waals surface area contributed by atoms with Gasteiger partial charge in [-0.1, -0.05) is 13.8 Å². The molecule has 26 heavy (non-hydrogen) atoms. The van der Waals surface area contributed by atoms with Crippen LogP contribution in [-0.2, 0) is 0 Å². The van der Waals surface area contributed by atoms with Gasteiger partial charge >= 0.3 is 0 Å². The zero-order valence-corrected chi connectivity index (χ0v) is 15.2. The van der Waals surface area contributed by atoms with Crippen LogP contribution in [0.4, 0.5) is 10.2 Å². The summed E-state index contributed by atoms with van der Waals surface area (Å²) in [4.78, 5) is 11.1. The van der Waals surface area contributed by atoms with Crippen LogP contribution in [0.15, 0.2) is 30.5 Å². The van der Waals surface area contributed by atoms with Crippen LogP contribution in [0.1, 0.15) is 36.0 Å². The average Bonchev–Trinajstić information content (AvgIpc) is 3.06. The van der Waals surface area contributed by atoms with E-state index in [-0.39, 0.29) is 8.67 Å². The summed E-state index contributed by atoms with van der Waals surface area (Å²) >= 11 is 0. The molecule has 0 aliphatic carbocycles. The fourth-order valence-electron chi connectivity index (χ4n) is 3.95. The molecule has 1 aliphatic rings. The van der Waals surface area contributed by atoms with E-state index in [2.05, 4.69) is 38.9 Å². The Morgan fingerprint density at radius 1 is 1.35 bits per heavy atom. The summed E-state index contributed by atoms with van der Waals surface area (Å²) in [5.74, 6) is 1.86. The number of rotatable bonds is 4. The van der Waals surface area contributed by atoms with Crippen LogP contribution in [0.2, 0.25) is 0 Å². The van der Waals surface area contributed by atoms with Gasteiger partial charge in [-0.2, -0.15) is 5.10 Å². The van der Waals surface area contributed by atoms with Gasteiger partial charge in [0, 0.05) is 27.5 Å². The van der Waals surface area contributed by atoms with Crippen LogP contribution < -0.4 is 4.90 Å². The molecule has 0 radical (unpaired) electrons. The minimum atomic E-state index is -0.348. The highest BCUT2D eigenvalue weighted by Gasteiger charge is 2.23. The topological polar surface area (TPSA) is 57.7 Å². The van der Waals surface area contributed by atoms with Crippen LogP contribution in [0.3, 0.4) is 0 Å². The molecule has 3 aromatic rings. The number of halogens is 1. The first-order valence-corrected chi connectivity index (χ1v) is 9.32. The van der Waals surface area contributed by atoms with Crippen LogP contribution in [0, 0.1) is 17.7 Å². The standard InChI is InChI=1S/C20H24FN5.2H2/c1-13(2)11-14-5-4-10-26(12-14)17-8-7-16(21)19(23-17)18-15-6-3-9-22-20(15)25-24-18;;/h3,6-9,13-14H,4-5,10-12H2,1-2H3,(H,22,24,25);2*1H/t14-;;/m1../s1. The zero-order valence-electron chi connectivity index (χ0n) is 15.2. The molecule has 0 spiro atoms. The molecule has 1 fully saturated rings. The minimum absolute atomic E-state index is 0. The van der Waals surface area contributed by atoms with E-state index in [1.54, 1.807) is 12.3 Å². The van der Waals surface area contributed by atoms with E-state index in [1.165, 1.54) is 18.9 Å². The molecule has 0 saturated carbocycles. The fourth-order valence-corrected chi connectivity index (χ4v) is 3.95. The molecule has 6 heteroatoms. The molecule has 5 nitrogen and oxygen atoms in total. The van der Waals surface area contributed by atoms with Crippen LogP contribution in [0.25, 0.3) is 22.4 Å². The highest BCUT2D eigenvalue weighted by Crippen LogP contribution is 2.30. The summed E-state index contributed by atoms with van der Waals surface area (Å²) in [6, 6.07) is 7.00. The maximum absolute atomic E-state index is 14.5. The van der Waals surface area contributed by atoms with E-state index in [1.807, 2.05) is 12.1 Å². The van der Waals surface area contributed by atoms with Gasteiger partial charge in [0.25, 0.3) is 0 Å². The van der Waals surface area contributed by atoms with Crippen molar-refractivity contribution in [3.8, 4) is 11.4 Å². The lowest BCUT2D eigenvalue weighted by molar-refractivity contribution is 0.346. The molecule has 4 rings (SSSR count). The number of pyridine rings is 2. The molecule has 4 heterocycles. The third-order valence-corrected chi connectivity index (χ3v) is 5.05. The number of aromatic nitrogens is 4. The molecular weight excluding hydrogens is 329 g/mol. The summed E-state index contributed by atoms with van der Waals surface area (Å²) in [5.41, 5.74) is 1.47. The third-order valence-electron chi connectivity index (χ3n) is 5.05. The van der Waals surface area contributed by atoms with Crippen molar-refractivity contribution in [2.75, 3.05) is 18.0 Å². The van der Waals surface area contributed by atoms with Crippen molar-refractivity contribution in [3.05, 3.63) is 36.3 Å². The monoisotopic (exact) mass is 357 g/mol. The second-order valence-corrected chi connectivity index (χ2v) is 7.56. The summed E-state index contributed by atoms with van der Waals surface area (Å²) < 4.78 is 14.5. The predicted molar refractivity (Wildman–Crippen MR) is 106 cm³/mol. The first kappa shape index (κ1) is 16.9. The number of piperidine rings is 1. The van der Waals surface area contributed by atoms with Crippen molar-refractivity contribution in [2.24, 2.45) is 11.8 Å². The van der Waals surface area contributed by atoms with Gasteiger partial charge in [0.05, 0.1) is 5.69 Å². The largest absolute Gasteiger partial charge is 0.356 e. The molecular formula is C20H28FN5. The van der Waals surface area contributed by atoms with Gasteiger partial charge in [0.2, 0.25) is 0 Å². The van der Waals surface area contributed by atoms with Gasteiger partial charge in [0.15, 0.2) is 11.5 Å². The van der Waals surface area contributed by atoms with Crippen molar-refractivity contribution < 1.29 is 7.24 Å². The first-order chi connectivity index (χ1) is 12.6. The van der Waals surface area contributed by atoms with Crippen molar-refractivity contribution in [2.45, 2.75) is 33.1 Å². The van der Waals surface area contributed by atoms with E-state index in [0.717, 1.165) is 30.7 Å². The molecule has 1 aliphatic heterocycles. The Kier molecular flexibility index (Phi) is 4.57. The van der Waals surface area contributed by atoms with Gasteiger partial charge in [0.1, 0.15) is 11.5 Å². The molecule has 0 unspecified atom stereocenters. The first-order valence-electron chi connectivity index (χ1n) is 9.32. The lowest BCUT2D eigenvalue weighted by Gasteiger charge is -2.34. The number of hydrogen-bond acceptors (Lipinski definition) is 4. The predicted octanol–water partition coefficient (Wildman–Crippen LogP) is 4.91. The molecule has 0 amide bonds. The Labute approximate surface area is 155 Å². The van der Waals surface area contributed by atoms with Gasteiger partial charge in [-0.3, -0.25) is 5.10 Å². The number of hydrogen-bond donors (Lipinski definition) is 1. The number of nitrogens with zero attached hydrogens (tertiary/aromatic N) is 4. The molecule has 0 aromatic carbocycles. The fraction of sp³-hybridized carbons (Fsp3) is 0.450. The lowest BCUT2D eigenvalue weighted by Crippen LogP contribution is -2.36. The third kappa shape index (κ3) is 3.28. The van der Waals surface area contributed by atoms with Gasteiger partial charge in [-0.25, -0.2) is 14.4 Å². The maximum Gasteiger partial charge on any atom is 0.181 e. The van der Waals surface area contributed by atoms with Crippen molar-refractivity contribution in [1.82, 2.24) is 20.2 Å². The number of aromatic amines is 1. The Hall–Kier alpha value is -2.50. The van der Waals surface area contributed by atoms with Crippen LogP contribution in [0.5, 0.6) is 0 Å². The van der Waals surface area contributed by atoms with Crippen molar-refractivity contribution in [3.63, 3.8) is 0 Å². The van der Waals surface area contributed by atoms with E-state index < -0.39 is 0 Å². The lowest BCUT2D eigenvalue weighted by atomic mass is 9.90. The number of nitrogens with one attached hydrogen (secondary N) is 1. The molecule has 3 aromatic heterocycles. The SMILES string of the molecule is CC(C)C[C@H]1CCCN(c2ccc(F)c(-c3[nH]nc4ncccc34)n2)C1.[HH].[HH]. The summed E-state index contributed by atoms with van der Waals surface area (Å²) in [5, 5.41) is 7.85. The van der Waals surface area contributed by atoms with E-state index in [4.69, 9.17) is 0 Å². The van der Waals surface area contributed by atoms with Gasteiger partial charge in [-0.15, -0.1) is 0 Å². The highest BCUT2D eigenvalue weighted by atomic mass is 19.1. The molecule has 0 bridgehead atoms. The Morgan fingerprint density at radius 2 is 2.23 bits per heavy atom. The number of H-pyrrole nitrogens is 1. The Bertz CT molecular complexity index is 915. The molecule has 1 saturated heterocycles. The van der Waals surface area contributed by atoms with Gasteiger partial charge < -0.3 is 4.90 Å². The van der Waals surface area contributed by atoms with Crippen LogP contribution in [-0.4, -0.2) is 33.3 Å². The maximum atomic E-state index is 14.5. The van der Waals surface area contributed by atoms with E-state index in [9.17, 15) is 4.39 Å². The smallest absolute Gasteiger partial charge is 0.181 e. The number of anilines is 1. The highest BCUT2D eigenvalue weighted by molar-refractivity contribution is 5.89. The van der Waals surface area contributed by atoms with E-state index >= 15 is 0 Å². The molecule has 1 N–H and O–H groups in total. The minimum Gasteiger partial charge on any atom is -0.356 e. The second-order valence-electron chi connectivity index (χ2n) is 7.56.